The van der Waals surface area contributed by atoms with E-state index >= 15 is 0 Å². The highest BCUT2D eigenvalue weighted by atomic mass is 35.5. The van der Waals surface area contributed by atoms with E-state index in [1.54, 1.807) is 68.9 Å². The Labute approximate surface area is 254 Å². The largest absolute Gasteiger partial charge is 0.442 e. The molecule has 0 saturated carbocycles. The lowest BCUT2D eigenvalue weighted by Crippen LogP contribution is -2.30. The molecule has 2 amide bonds. The molecule has 43 heavy (non-hydrogen) atoms. The van der Waals surface area contributed by atoms with Crippen LogP contribution in [0.3, 0.4) is 0 Å². The van der Waals surface area contributed by atoms with Crippen molar-refractivity contribution in [3.63, 3.8) is 0 Å². The van der Waals surface area contributed by atoms with Gasteiger partial charge in [0, 0.05) is 61.6 Å². The summed E-state index contributed by atoms with van der Waals surface area (Å²) in [5, 5.41) is 7.20. The van der Waals surface area contributed by atoms with E-state index in [-0.39, 0.29) is 59.3 Å². The number of halogens is 3. The predicted molar refractivity (Wildman–Crippen MR) is 163 cm³/mol. The van der Waals surface area contributed by atoms with Crippen LogP contribution in [0.25, 0.3) is 11.3 Å². The number of pyridine rings is 1. The van der Waals surface area contributed by atoms with Gasteiger partial charge in [0.05, 0.1) is 32.2 Å². The second kappa shape index (κ2) is 12.2. The highest BCUT2D eigenvalue weighted by Gasteiger charge is 2.34. The number of benzene rings is 1. The molecule has 1 aliphatic heterocycles. The van der Waals surface area contributed by atoms with Crippen LogP contribution in [0, 0.1) is 6.92 Å². The first kappa shape index (κ1) is 32.3. The summed E-state index contributed by atoms with van der Waals surface area (Å²) in [6.45, 7) is 6.96. The number of anilines is 2. The number of carbonyl (C=O) groups excluding carboxylic acids is 2. The van der Waals surface area contributed by atoms with E-state index < -0.39 is 33.3 Å². The molecule has 0 radical (unpaired) electrons. The van der Waals surface area contributed by atoms with E-state index in [0.717, 1.165) is 0 Å². The summed E-state index contributed by atoms with van der Waals surface area (Å²) >= 11 is 6.74. The molecule has 1 fully saturated rings. The Kier molecular flexibility index (Phi) is 9.17. The van der Waals surface area contributed by atoms with Crippen molar-refractivity contribution in [1.29, 1.82) is 0 Å². The van der Waals surface area contributed by atoms with Gasteiger partial charge in [0.25, 0.3) is 5.91 Å². The second-order valence-electron chi connectivity index (χ2n) is 11.6. The molecule has 1 aliphatic rings. The lowest BCUT2D eigenvalue weighted by Gasteiger charge is -2.26. The zero-order chi connectivity index (χ0) is 31.7. The minimum absolute atomic E-state index is 0.00656. The summed E-state index contributed by atoms with van der Waals surface area (Å²) in [6, 6.07) is 6.14. The van der Waals surface area contributed by atoms with Crippen LogP contribution in [0.2, 0.25) is 5.02 Å². The Morgan fingerprint density at radius 3 is 2.58 bits per heavy atom. The number of ether oxygens (including phenoxy) is 1. The number of aryl methyl sites for hydroxylation is 1. The minimum Gasteiger partial charge on any atom is -0.442 e. The third-order valence-electron chi connectivity index (χ3n) is 6.75. The summed E-state index contributed by atoms with van der Waals surface area (Å²) in [5.74, 6) is -3.17. The van der Waals surface area contributed by atoms with Gasteiger partial charge in [-0.3, -0.25) is 9.48 Å². The number of aromatic nitrogens is 3. The summed E-state index contributed by atoms with van der Waals surface area (Å²) in [4.78, 5) is 32.7. The topological polar surface area (TPSA) is 119 Å². The fourth-order valence-corrected chi connectivity index (χ4v) is 6.01. The van der Waals surface area contributed by atoms with Crippen LogP contribution in [0.15, 0.2) is 45.9 Å². The van der Waals surface area contributed by atoms with Crippen LogP contribution in [0.5, 0.6) is 0 Å². The zero-order valence-electron chi connectivity index (χ0n) is 24.9. The lowest BCUT2D eigenvalue weighted by molar-refractivity contribution is -0.0102. The van der Waals surface area contributed by atoms with Gasteiger partial charge in [0.2, 0.25) is 5.92 Å². The normalized spacial score (nSPS) is 16.6. The van der Waals surface area contributed by atoms with E-state index in [0.29, 0.717) is 16.8 Å². The lowest BCUT2D eigenvalue weighted by atomic mass is 10.0. The molecule has 232 valence electrons. The first-order valence-electron chi connectivity index (χ1n) is 13.6. The van der Waals surface area contributed by atoms with Crippen LogP contribution >= 0.6 is 11.6 Å². The molecule has 0 bridgehead atoms. The first-order valence-corrected chi connectivity index (χ1v) is 15.9. The highest BCUT2D eigenvalue weighted by molar-refractivity contribution is 7.93. The number of hydrogen-bond donors (Lipinski definition) is 1. The van der Waals surface area contributed by atoms with Crippen molar-refractivity contribution in [1.82, 2.24) is 14.8 Å². The van der Waals surface area contributed by atoms with E-state index in [4.69, 9.17) is 21.3 Å². The molecule has 14 heteroatoms. The van der Waals surface area contributed by atoms with Gasteiger partial charge in [0.15, 0.2) is 0 Å². The highest BCUT2D eigenvalue weighted by Crippen LogP contribution is 2.38. The Balaban J connectivity index is 1.73. The van der Waals surface area contributed by atoms with Gasteiger partial charge >= 0.3 is 6.09 Å². The van der Waals surface area contributed by atoms with Gasteiger partial charge in [-0.05, 0) is 57.9 Å². The molecule has 3 heterocycles. The Hall–Kier alpha value is -3.58. The van der Waals surface area contributed by atoms with E-state index in [2.05, 4.69) is 14.8 Å². The zero-order valence-corrected chi connectivity index (χ0v) is 26.5. The fourth-order valence-electron chi connectivity index (χ4n) is 4.66. The predicted octanol–water partition coefficient (Wildman–Crippen LogP) is 6.71. The van der Waals surface area contributed by atoms with Crippen LogP contribution in [-0.2, 0) is 21.5 Å². The van der Waals surface area contributed by atoms with Crippen LogP contribution in [0.1, 0.15) is 56.0 Å². The third-order valence-corrected chi connectivity index (χ3v) is 8.84. The molecular formula is C29H35ClF2N6O4S. The van der Waals surface area contributed by atoms with Crippen LogP contribution in [-0.4, -0.2) is 61.8 Å². The number of nitrogens with one attached hydrogen (secondary N) is 1. The van der Waals surface area contributed by atoms with Gasteiger partial charge in [-0.2, -0.15) is 5.10 Å². The first-order chi connectivity index (χ1) is 20.0. The molecule has 1 aromatic carbocycles. The van der Waals surface area contributed by atoms with Gasteiger partial charge in [-0.1, -0.05) is 17.7 Å². The number of hydrogen-bond acceptors (Lipinski definition) is 7. The Morgan fingerprint density at radius 1 is 1.21 bits per heavy atom. The smallest absolute Gasteiger partial charge is 0.442 e. The average Bonchev–Trinajstić information content (AvgIpc) is 3.23. The Morgan fingerprint density at radius 2 is 1.93 bits per heavy atom. The summed E-state index contributed by atoms with van der Waals surface area (Å²) in [5.41, 5.74) is 0.997. The van der Waals surface area contributed by atoms with Crippen molar-refractivity contribution in [3.05, 3.63) is 52.8 Å². The minimum atomic E-state index is -3.22. The Bertz CT molecular complexity index is 1680. The standard InChI is InChI=1S/C29H35ClF2N6O4S/c1-18-22(26(39)34-20-9-7-10-21(15-20)43(6,41)36-27(40)42-28(2,3)4)25(38-13-8-11-29(31,32)12-14-38)35-24(23(18)30)19-16-33-37(5)17-19/h7,9-10,15-17H,8,11-14H2,1-6H3,(H,34,39)/t43-/m1/s1. The quantitative estimate of drug-likeness (QED) is 0.330. The summed E-state index contributed by atoms with van der Waals surface area (Å²) < 4.78 is 52.4. The maximum Gasteiger partial charge on any atom is 0.442 e. The number of carbonyl (C=O) groups is 2. The van der Waals surface area contributed by atoms with Gasteiger partial charge in [-0.15, -0.1) is 4.36 Å². The molecular weight excluding hydrogens is 602 g/mol. The van der Waals surface area contributed by atoms with E-state index in [1.807, 2.05) is 0 Å². The summed E-state index contributed by atoms with van der Waals surface area (Å²) in [7, 11) is -1.47. The number of alkyl halides is 2. The van der Waals surface area contributed by atoms with Crippen molar-refractivity contribution in [2.24, 2.45) is 11.4 Å². The van der Waals surface area contributed by atoms with Gasteiger partial charge < -0.3 is 15.0 Å². The number of rotatable bonds is 5. The molecule has 4 rings (SSSR count). The maximum atomic E-state index is 14.3. The summed E-state index contributed by atoms with van der Waals surface area (Å²) in [6.07, 6.45) is 3.22. The number of amides is 2. The molecule has 0 aliphatic carbocycles. The average molecular weight is 637 g/mol. The van der Waals surface area contributed by atoms with Gasteiger partial charge in [-0.25, -0.2) is 22.8 Å². The van der Waals surface area contributed by atoms with Gasteiger partial charge in [0.1, 0.15) is 11.4 Å². The molecule has 1 N–H and O–H groups in total. The monoisotopic (exact) mass is 636 g/mol. The van der Waals surface area contributed by atoms with Crippen molar-refractivity contribution in [3.8, 4) is 11.3 Å². The van der Waals surface area contributed by atoms with Crippen LogP contribution in [0.4, 0.5) is 25.1 Å². The van der Waals surface area contributed by atoms with Crippen molar-refractivity contribution in [2.75, 3.05) is 29.6 Å². The molecule has 2 aromatic heterocycles. The van der Waals surface area contributed by atoms with Crippen molar-refractivity contribution in [2.45, 2.75) is 63.4 Å². The van der Waals surface area contributed by atoms with E-state index in [9.17, 15) is 22.6 Å². The molecule has 0 unspecified atom stereocenters. The van der Waals surface area contributed by atoms with E-state index in [1.165, 1.54) is 18.4 Å². The molecule has 10 nitrogen and oxygen atoms in total. The van der Waals surface area contributed by atoms with Crippen molar-refractivity contribution < 1.29 is 27.3 Å². The maximum absolute atomic E-state index is 14.3. The molecule has 1 atom stereocenters. The molecule has 0 spiro atoms. The fraction of sp³-hybridized carbons (Fsp3) is 0.448. The molecule has 3 aromatic rings. The van der Waals surface area contributed by atoms with Crippen molar-refractivity contribution >= 4 is 44.8 Å². The molecule has 1 saturated heterocycles. The number of nitrogens with zero attached hydrogens (tertiary/aromatic N) is 5. The third kappa shape index (κ3) is 7.88. The van der Waals surface area contributed by atoms with Crippen LogP contribution < -0.4 is 10.2 Å². The SMILES string of the molecule is Cc1c(Cl)c(-c2cnn(C)c2)nc(N2CCCC(F)(F)CC2)c1C(=O)Nc1cccc([S@@](C)(=O)=NC(=O)OC(C)(C)C)c1. The second-order valence-corrected chi connectivity index (χ2v) is 14.2.